The number of ether oxygens (including phenoxy) is 1. The van der Waals surface area contributed by atoms with E-state index in [-0.39, 0.29) is 5.91 Å². The zero-order valence-electron chi connectivity index (χ0n) is 11.3. The summed E-state index contributed by atoms with van der Waals surface area (Å²) in [6, 6.07) is 13.0. The number of anilines is 1. The van der Waals surface area contributed by atoms with Gasteiger partial charge in [-0.2, -0.15) is 0 Å². The number of carbonyl (C=O) groups is 1. The molecule has 0 unspecified atom stereocenters. The molecule has 4 nitrogen and oxygen atoms in total. The number of hydrogen-bond acceptors (Lipinski definition) is 3. The molecule has 4 heteroatoms. The van der Waals surface area contributed by atoms with Gasteiger partial charge in [-0.1, -0.05) is 12.1 Å². The third-order valence-corrected chi connectivity index (χ3v) is 3.56. The summed E-state index contributed by atoms with van der Waals surface area (Å²) >= 11 is 0. The molecule has 0 saturated carbocycles. The van der Waals surface area contributed by atoms with Gasteiger partial charge in [0.15, 0.2) is 0 Å². The second-order valence-corrected chi connectivity index (χ2v) is 4.92. The Labute approximate surface area is 117 Å². The average Bonchev–Trinajstić information content (AvgIpc) is 2.89. The van der Waals surface area contributed by atoms with Gasteiger partial charge in [-0.15, -0.1) is 0 Å². The van der Waals surface area contributed by atoms with E-state index in [1.807, 2.05) is 41.3 Å². The van der Waals surface area contributed by atoms with Crippen LogP contribution in [0.4, 0.5) is 5.69 Å². The van der Waals surface area contributed by atoms with Crippen LogP contribution < -0.4 is 10.5 Å². The molecule has 2 aromatic rings. The number of nitrogens with two attached hydrogens (primary N) is 1. The number of nitrogens with zero attached hydrogens (tertiary/aromatic N) is 1. The normalized spacial score (nSPS) is 13.2. The van der Waals surface area contributed by atoms with Gasteiger partial charge in [-0.25, -0.2) is 0 Å². The number of amides is 1. The molecule has 0 saturated heterocycles. The zero-order chi connectivity index (χ0) is 14.1. The maximum atomic E-state index is 12.5. The average molecular weight is 268 g/mol. The molecule has 20 heavy (non-hydrogen) atoms. The fourth-order valence-corrected chi connectivity index (χ4v) is 2.50. The van der Waals surface area contributed by atoms with Gasteiger partial charge in [0, 0.05) is 24.3 Å². The third-order valence-electron chi connectivity index (χ3n) is 3.56. The summed E-state index contributed by atoms with van der Waals surface area (Å²) in [6.07, 6.45) is 0. The number of nitrogen functional groups attached to an aromatic ring is 1. The zero-order valence-corrected chi connectivity index (χ0v) is 11.3. The monoisotopic (exact) mass is 268 g/mol. The van der Waals surface area contributed by atoms with E-state index in [0.29, 0.717) is 24.4 Å². The fraction of sp³-hybridized carbons (Fsp3) is 0.188. The Morgan fingerprint density at radius 2 is 1.95 bits per heavy atom. The molecular formula is C16H16N2O2. The van der Waals surface area contributed by atoms with Crippen LogP contribution in [-0.4, -0.2) is 17.9 Å². The van der Waals surface area contributed by atoms with Gasteiger partial charge >= 0.3 is 0 Å². The molecule has 0 aromatic heterocycles. The summed E-state index contributed by atoms with van der Waals surface area (Å²) in [6.45, 7) is 1.24. The van der Waals surface area contributed by atoms with Gasteiger partial charge in [-0.05, 0) is 41.5 Å². The number of hydrogen-bond donors (Lipinski definition) is 1. The summed E-state index contributed by atoms with van der Waals surface area (Å²) < 4.78 is 5.16. The Morgan fingerprint density at radius 1 is 1.15 bits per heavy atom. The van der Waals surface area contributed by atoms with Crippen molar-refractivity contribution in [2.45, 2.75) is 13.1 Å². The summed E-state index contributed by atoms with van der Waals surface area (Å²) in [5.41, 5.74) is 9.45. The third kappa shape index (κ3) is 2.20. The first-order valence-corrected chi connectivity index (χ1v) is 6.48. The highest BCUT2D eigenvalue weighted by Crippen LogP contribution is 2.26. The van der Waals surface area contributed by atoms with Crippen molar-refractivity contribution in [3.63, 3.8) is 0 Å². The van der Waals surface area contributed by atoms with Crippen LogP contribution in [0.2, 0.25) is 0 Å². The van der Waals surface area contributed by atoms with E-state index in [2.05, 4.69) is 0 Å². The summed E-state index contributed by atoms with van der Waals surface area (Å²) in [5, 5.41) is 0. The van der Waals surface area contributed by atoms with Crippen molar-refractivity contribution in [3.8, 4) is 5.75 Å². The van der Waals surface area contributed by atoms with Gasteiger partial charge in [-0.3, -0.25) is 4.79 Å². The lowest BCUT2D eigenvalue weighted by atomic mass is 10.1. The molecule has 0 atom stereocenters. The van der Waals surface area contributed by atoms with E-state index < -0.39 is 0 Å². The molecule has 1 aliphatic rings. The van der Waals surface area contributed by atoms with E-state index >= 15 is 0 Å². The quantitative estimate of drug-likeness (QED) is 0.851. The van der Waals surface area contributed by atoms with Crippen LogP contribution in [0.5, 0.6) is 5.75 Å². The van der Waals surface area contributed by atoms with Crippen LogP contribution in [-0.2, 0) is 13.1 Å². The van der Waals surface area contributed by atoms with Crippen LogP contribution in [0, 0.1) is 0 Å². The molecule has 2 N–H and O–H groups in total. The first kappa shape index (κ1) is 12.5. The number of benzene rings is 2. The highest BCUT2D eigenvalue weighted by Gasteiger charge is 2.24. The van der Waals surface area contributed by atoms with Crippen LogP contribution in [0.15, 0.2) is 42.5 Å². The highest BCUT2D eigenvalue weighted by molar-refractivity contribution is 5.95. The van der Waals surface area contributed by atoms with Gasteiger partial charge in [0.25, 0.3) is 5.91 Å². The van der Waals surface area contributed by atoms with Crippen LogP contribution in [0.1, 0.15) is 21.5 Å². The van der Waals surface area contributed by atoms with Crippen molar-refractivity contribution in [3.05, 3.63) is 59.2 Å². The Hall–Kier alpha value is -2.49. The molecule has 0 bridgehead atoms. The molecule has 1 amide bonds. The van der Waals surface area contributed by atoms with E-state index in [0.717, 1.165) is 16.8 Å². The molecule has 3 rings (SSSR count). The summed E-state index contributed by atoms with van der Waals surface area (Å²) in [7, 11) is 1.60. The molecule has 0 aliphatic carbocycles. The number of rotatable bonds is 2. The predicted molar refractivity (Wildman–Crippen MR) is 77.4 cm³/mol. The molecular weight excluding hydrogens is 252 g/mol. The van der Waals surface area contributed by atoms with Crippen molar-refractivity contribution < 1.29 is 9.53 Å². The van der Waals surface area contributed by atoms with Gasteiger partial charge in [0.2, 0.25) is 0 Å². The van der Waals surface area contributed by atoms with Crippen LogP contribution >= 0.6 is 0 Å². The SMILES string of the molecule is COc1cccc(C(=O)N2Cc3ccc(N)cc3C2)c1. The Bertz CT molecular complexity index is 667. The molecule has 1 heterocycles. The Kier molecular flexibility index (Phi) is 3.06. The first-order valence-electron chi connectivity index (χ1n) is 6.48. The smallest absolute Gasteiger partial charge is 0.254 e. The predicted octanol–water partition coefficient (Wildman–Crippen LogP) is 2.43. The minimum atomic E-state index is 0.0127. The van der Waals surface area contributed by atoms with Crippen LogP contribution in [0.3, 0.4) is 0 Å². The lowest BCUT2D eigenvalue weighted by molar-refractivity contribution is 0.0751. The van der Waals surface area contributed by atoms with E-state index in [4.69, 9.17) is 10.5 Å². The van der Waals surface area contributed by atoms with Crippen molar-refractivity contribution >= 4 is 11.6 Å². The minimum Gasteiger partial charge on any atom is -0.497 e. The van der Waals surface area contributed by atoms with Gasteiger partial charge in [0.1, 0.15) is 5.75 Å². The summed E-state index contributed by atoms with van der Waals surface area (Å²) in [4.78, 5) is 14.3. The topological polar surface area (TPSA) is 55.6 Å². The van der Waals surface area contributed by atoms with Gasteiger partial charge < -0.3 is 15.4 Å². The maximum Gasteiger partial charge on any atom is 0.254 e. The molecule has 0 fully saturated rings. The molecule has 2 aromatic carbocycles. The van der Waals surface area contributed by atoms with Gasteiger partial charge in [0.05, 0.1) is 7.11 Å². The molecule has 0 radical (unpaired) electrons. The Morgan fingerprint density at radius 3 is 2.75 bits per heavy atom. The lowest BCUT2D eigenvalue weighted by Crippen LogP contribution is -2.25. The largest absolute Gasteiger partial charge is 0.497 e. The lowest BCUT2D eigenvalue weighted by Gasteiger charge is -2.15. The van der Waals surface area contributed by atoms with Crippen molar-refractivity contribution in [1.29, 1.82) is 0 Å². The highest BCUT2D eigenvalue weighted by atomic mass is 16.5. The second-order valence-electron chi connectivity index (χ2n) is 4.92. The first-order chi connectivity index (χ1) is 9.67. The van der Waals surface area contributed by atoms with E-state index in [1.54, 1.807) is 13.2 Å². The number of fused-ring (bicyclic) bond motifs is 1. The second kappa shape index (κ2) is 4.89. The summed E-state index contributed by atoms with van der Waals surface area (Å²) in [5.74, 6) is 0.704. The molecule has 102 valence electrons. The number of methoxy groups -OCH3 is 1. The minimum absolute atomic E-state index is 0.0127. The fourth-order valence-electron chi connectivity index (χ4n) is 2.50. The Balaban J connectivity index is 1.83. The number of carbonyl (C=O) groups excluding carboxylic acids is 1. The van der Waals surface area contributed by atoms with Crippen molar-refractivity contribution in [1.82, 2.24) is 4.90 Å². The molecule has 0 spiro atoms. The van der Waals surface area contributed by atoms with Crippen LogP contribution in [0.25, 0.3) is 0 Å². The van der Waals surface area contributed by atoms with E-state index in [1.165, 1.54) is 0 Å². The standard InChI is InChI=1S/C16H16N2O2/c1-20-15-4-2-3-11(8-15)16(19)18-9-12-5-6-14(17)7-13(12)10-18/h2-8H,9-10,17H2,1H3. The molecule has 1 aliphatic heterocycles. The van der Waals surface area contributed by atoms with Crippen molar-refractivity contribution in [2.75, 3.05) is 12.8 Å². The van der Waals surface area contributed by atoms with Crippen molar-refractivity contribution in [2.24, 2.45) is 0 Å². The maximum absolute atomic E-state index is 12.5. The van der Waals surface area contributed by atoms with E-state index in [9.17, 15) is 4.79 Å².